The molecule has 1 aromatic carbocycles. The van der Waals surface area contributed by atoms with Gasteiger partial charge in [0.15, 0.2) is 5.78 Å². The van der Waals surface area contributed by atoms with Crippen molar-refractivity contribution in [2.45, 2.75) is 6.42 Å². The van der Waals surface area contributed by atoms with E-state index < -0.39 is 0 Å². The third-order valence-electron chi connectivity index (χ3n) is 1.77. The predicted molar refractivity (Wildman–Crippen MR) is 50.8 cm³/mol. The van der Waals surface area contributed by atoms with E-state index in [1.54, 1.807) is 6.07 Å². The van der Waals surface area contributed by atoms with Crippen molar-refractivity contribution < 1.29 is 9.53 Å². The number of carbonyl (C=O) groups excluding carboxylic acids is 1. The van der Waals surface area contributed by atoms with Crippen LogP contribution in [-0.4, -0.2) is 20.8 Å². The highest BCUT2D eigenvalue weighted by molar-refractivity contribution is 5.99. The maximum Gasteiger partial charge on any atom is 0.169 e. The summed E-state index contributed by atoms with van der Waals surface area (Å²) in [7, 11) is 0. The Bertz CT molecular complexity index is 296. The average Bonchev–Trinajstić information content (AvgIpc) is 2.06. The first-order chi connectivity index (χ1) is 5.38. The summed E-state index contributed by atoms with van der Waals surface area (Å²) >= 11 is 0. The number of benzene rings is 1. The standard InChI is InChI=1S/C9H8O2.BH3/c10-8-5-6-11-9-4-2-1-3-7(8)9;/h1-4H,5-6H2;1H3. The molecule has 0 saturated heterocycles. The smallest absolute Gasteiger partial charge is 0.169 e. The molecule has 1 aliphatic rings. The first-order valence-corrected chi connectivity index (χ1v) is 3.63. The number of para-hydroxylation sites is 1. The minimum atomic E-state index is 0. The quantitative estimate of drug-likeness (QED) is 0.518. The van der Waals surface area contributed by atoms with Crippen LogP contribution in [0.1, 0.15) is 16.8 Å². The fourth-order valence-electron chi connectivity index (χ4n) is 1.21. The van der Waals surface area contributed by atoms with Gasteiger partial charge in [-0.1, -0.05) is 12.1 Å². The molecule has 62 valence electrons. The number of ketones is 1. The summed E-state index contributed by atoms with van der Waals surface area (Å²) in [6, 6.07) is 7.35. The van der Waals surface area contributed by atoms with Crippen molar-refractivity contribution >= 4 is 14.2 Å². The van der Waals surface area contributed by atoms with Crippen LogP contribution in [0.5, 0.6) is 5.75 Å². The Labute approximate surface area is 73.1 Å². The van der Waals surface area contributed by atoms with Crippen LogP contribution in [0.15, 0.2) is 24.3 Å². The van der Waals surface area contributed by atoms with Gasteiger partial charge in [0.2, 0.25) is 0 Å². The molecule has 2 nitrogen and oxygen atoms in total. The molecule has 0 amide bonds. The van der Waals surface area contributed by atoms with Gasteiger partial charge in [0.25, 0.3) is 0 Å². The second-order valence-corrected chi connectivity index (χ2v) is 2.52. The van der Waals surface area contributed by atoms with Gasteiger partial charge in [0.1, 0.15) is 5.75 Å². The predicted octanol–water partition coefficient (Wildman–Crippen LogP) is 0.468. The zero-order valence-corrected chi connectivity index (χ0v) is 6.04. The van der Waals surface area contributed by atoms with Crippen LogP contribution < -0.4 is 4.74 Å². The Morgan fingerprint density at radius 3 is 2.75 bits per heavy atom. The Hall–Kier alpha value is -1.25. The molecule has 0 unspecified atom stereocenters. The van der Waals surface area contributed by atoms with Crippen molar-refractivity contribution in [1.82, 2.24) is 0 Å². The summed E-state index contributed by atoms with van der Waals surface area (Å²) in [6.07, 6.45) is 0.511. The topological polar surface area (TPSA) is 26.3 Å². The van der Waals surface area contributed by atoms with Gasteiger partial charge in [-0.3, -0.25) is 4.79 Å². The second-order valence-electron chi connectivity index (χ2n) is 2.52. The minimum absolute atomic E-state index is 0. The highest BCUT2D eigenvalue weighted by Gasteiger charge is 2.16. The maximum atomic E-state index is 11.2. The van der Waals surface area contributed by atoms with Gasteiger partial charge >= 0.3 is 0 Å². The highest BCUT2D eigenvalue weighted by atomic mass is 16.5. The lowest BCUT2D eigenvalue weighted by Gasteiger charge is -2.14. The molecule has 1 aliphatic heterocycles. The van der Waals surface area contributed by atoms with E-state index in [9.17, 15) is 4.79 Å². The molecule has 12 heavy (non-hydrogen) atoms. The Kier molecular flexibility index (Phi) is 2.53. The van der Waals surface area contributed by atoms with E-state index in [1.165, 1.54) is 0 Å². The van der Waals surface area contributed by atoms with Crippen LogP contribution in [0.25, 0.3) is 0 Å². The molecule has 0 atom stereocenters. The molecular formula is C9H11BO2. The molecule has 1 heterocycles. The molecule has 2 rings (SSSR count). The molecule has 0 aliphatic carbocycles. The van der Waals surface area contributed by atoms with Gasteiger partial charge < -0.3 is 4.74 Å². The fourth-order valence-corrected chi connectivity index (χ4v) is 1.21. The molecule has 0 spiro atoms. The van der Waals surface area contributed by atoms with E-state index >= 15 is 0 Å². The number of fused-ring (bicyclic) bond motifs is 1. The molecule has 0 bridgehead atoms. The fraction of sp³-hybridized carbons (Fsp3) is 0.222. The summed E-state index contributed by atoms with van der Waals surface area (Å²) in [5.74, 6) is 0.913. The van der Waals surface area contributed by atoms with Gasteiger partial charge in [-0.25, -0.2) is 0 Å². The van der Waals surface area contributed by atoms with E-state index in [0.717, 1.165) is 11.3 Å². The Morgan fingerprint density at radius 2 is 2.00 bits per heavy atom. The van der Waals surface area contributed by atoms with E-state index in [-0.39, 0.29) is 14.2 Å². The lowest BCUT2D eigenvalue weighted by Crippen LogP contribution is -2.14. The summed E-state index contributed by atoms with van der Waals surface area (Å²) in [4.78, 5) is 11.2. The lowest BCUT2D eigenvalue weighted by molar-refractivity contribution is 0.0933. The zero-order chi connectivity index (χ0) is 7.68. The Morgan fingerprint density at radius 1 is 1.25 bits per heavy atom. The molecule has 0 fully saturated rings. The van der Waals surface area contributed by atoms with Gasteiger partial charge in [-0.2, -0.15) is 0 Å². The van der Waals surface area contributed by atoms with E-state index in [1.807, 2.05) is 18.2 Å². The maximum absolute atomic E-state index is 11.2. The summed E-state index contributed by atoms with van der Waals surface area (Å²) in [5.41, 5.74) is 0.721. The van der Waals surface area contributed by atoms with Crippen LogP contribution in [-0.2, 0) is 0 Å². The number of ether oxygens (including phenoxy) is 1. The monoisotopic (exact) mass is 162 g/mol. The number of hydrogen-bond acceptors (Lipinski definition) is 2. The van der Waals surface area contributed by atoms with E-state index in [0.29, 0.717) is 13.0 Å². The van der Waals surface area contributed by atoms with E-state index in [4.69, 9.17) is 4.74 Å². The molecule has 0 saturated carbocycles. The van der Waals surface area contributed by atoms with Crippen molar-refractivity contribution in [2.75, 3.05) is 6.61 Å². The normalized spacial score (nSPS) is 14.2. The molecular weight excluding hydrogens is 151 g/mol. The molecule has 0 radical (unpaired) electrons. The zero-order valence-electron chi connectivity index (χ0n) is 6.04. The third-order valence-corrected chi connectivity index (χ3v) is 1.77. The summed E-state index contributed by atoms with van der Waals surface area (Å²) in [6.45, 7) is 0.524. The number of Topliss-reactive ketones (excluding diaryl/α,β-unsaturated/α-hetero) is 1. The first-order valence-electron chi connectivity index (χ1n) is 3.63. The summed E-state index contributed by atoms with van der Waals surface area (Å²) < 4.78 is 5.27. The van der Waals surface area contributed by atoms with Gasteiger partial charge in [-0.15, -0.1) is 0 Å². The highest BCUT2D eigenvalue weighted by Crippen LogP contribution is 2.23. The van der Waals surface area contributed by atoms with Crippen LogP contribution in [0, 0.1) is 0 Å². The van der Waals surface area contributed by atoms with Crippen molar-refractivity contribution in [3.05, 3.63) is 29.8 Å². The minimum Gasteiger partial charge on any atom is -0.492 e. The molecule has 1 aromatic rings. The van der Waals surface area contributed by atoms with Gasteiger partial charge in [0, 0.05) is 6.42 Å². The van der Waals surface area contributed by atoms with E-state index in [2.05, 4.69) is 0 Å². The number of rotatable bonds is 0. The van der Waals surface area contributed by atoms with Crippen LogP contribution in [0.4, 0.5) is 0 Å². The number of carbonyl (C=O) groups is 1. The average molecular weight is 162 g/mol. The molecule has 3 heteroatoms. The lowest BCUT2D eigenvalue weighted by atomic mass is 10.1. The first kappa shape index (κ1) is 8.85. The van der Waals surface area contributed by atoms with Crippen LogP contribution >= 0.6 is 0 Å². The van der Waals surface area contributed by atoms with Crippen molar-refractivity contribution in [1.29, 1.82) is 0 Å². The largest absolute Gasteiger partial charge is 0.492 e. The number of hydrogen-bond donors (Lipinski definition) is 0. The van der Waals surface area contributed by atoms with Crippen molar-refractivity contribution in [2.24, 2.45) is 0 Å². The van der Waals surface area contributed by atoms with Gasteiger partial charge in [0.05, 0.1) is 20.6 Å². The third kappa shape index (κ3) is 1.35. The summed E-state index contributed by atoms with van der Waals surface area (Å²) in [5, 5.41) is 0. The SMILES string of the molecule is B.O=C1CCOc2ccccc21. The molecule has 0 N–H and O–H groups in total. The Balaban J connectivity index is 0.000000720. The van der Waals surface area contributed by atoms with Crippen LogP contribution in [0.3, 0.4) is 0 Å². The van der Waals surface area contributed by atoms with Crippen LogP contribution in [0.2, 0.25) is 0 Å². The second kappa shape index (κ2) is 3.43. The van der Waals surface area contributed by atoms with Crippen molar-refractivity contribution in [3.8, 4) is 5.75 Å². The molecule has 0 aromatic heterocycles. The van der Waals surface area contributed by atoms with Gasteiger partial charge in [-0.05, 0) is 12.1 Å². The van der Waals surface area contributed by atoms with Crippen molar-refractivity contribution in [3.63, 3.8) is 0 Å².